The van der Waals surface area contributed by atoms with Crippen molar-refractivity contribution in [2.45, 2.75) is 25.5 Å². The summed E-state index contributed by atoms with van der Waals surface area (Å²) in [5, 5.41) is 11.2. The predicted molar refractivity (Wildman–Crippen MR) is 69.4 cm³/mol. The highest BCUT2D eigenvalue weighted by molar-refractivity contribution is 7.99. The van der Waals surface area contributed by atoms with Crippen LogP contribution in [-0.2, 0) is 11.3 Å². The topological polar surface area (TPSA) is 62.4 Å². The monoisotopic (exact) mass is 271 g/mol. The third-order valence-corrected chi connectivity index (χ3v) is 3.41. The van der Waals surface area contributed by atoms with Crippen LogP contribution in [0.15, 0.2) is 17.6 Å². The molecule has 0 aliphatic carbocycles. The summed E-state index contributed by atoms with van der Waals surface area (Å²) < 4.78 is 2.01. The number of aromatic nitrogens is 2. The summed E-state index contributed by atoms with van der Waals surface area (Å²) in [6.45, 7) is 6.27. The van der Waals surface area contributed by atoms with E-state index in [-0.39, 0.29) is 11.2 Å². The lowest BCUT2D eigenvalue weighted by Gasteiger charge is -2.26. The minimum atomic E-state index is -1.06. The van der Waals surface area contributed by atoms with Gasteiger partial charge in [-0.2, -0.15) is 0 Å². The van der Waals surface area contributed by atoms with Crippen LogP contribution >= 0.6 is 11.8 Å². The number of nitrogens with zero attached hydrogens (tertiary/aromatic N) is 2. The van der Waals surface area contributed by atoms with E-state index in [0.29, 0.717) is 0 Å². The summed E-state index contributed by atoms with van der Waals surface area (Å²) in [5.74, 6) is -1.12. The number of rotatable bonds is 7. The summed E-state index contributed by atoms with van der Waals surface area (Å²) in [7, 11) is 4.25. The van der Waals surface area contributed by atoms with E-state index in [9.17, 15) is 9.90 Å². The lowest BCUT2D eigenvalue weighted by atomic mass is 9.93. The zero-order valence-electron chi connectivity index (χ0n) is 11.4. The fourth-order valence-electron chi connectivity index (χ4n) is 2.15. The molecule has 1 N–H and O–H groups in total. The Kier molecular flexibility index (Phi) is 5.22. The second kappa shape index (κ2) is 6.24. The number of hydrogen-bond acceptors (Lipinski definition) is 4. The molecule has 0 unspecified atom stereocenters. The average Bonchev–Trinajstić information content (AvgIpc) is 2.59. The first-order valence-corrected chi connectivity index (χ1v) is 6.91. The normalized spacial score (nSPS) is 12.1. The van der Waals surface area contributed by atoms with Crippen molar-refractivity contribution in [2.24, 2.45) is 5.41 Å². The van der Waals surface area contributed by atoms with Crippen molar-refractivity contribution in [3.63, 3.8) is 0 Å². The van der Waals surface area contributed by atoms with E-state index in [0.717, 1.165) is 18.2 Å². The van der Waals surface area contributed by atoms with Crippen LogP contribution in [0, 0.1) is 5.41 Å². The van der Waals surface area contributed by atoms with Crippen LogP contribution in [0.4, 0.5) is 0 Å². The van der Waals surface area contributed by atoms with Crippen LogP contribution in [-0.4, -0.2) is 41.9 Å². The Morgan fingerprint density at radius 1 is 1.56 bits per heavy atom. The molecule has 0 fully saturated rings. The van der Waals surface area contributed by atoms with Crippen LogP contribution in [0.3, 0.4) is 0 Å². The Morgan fingerprint density at radius 2 is 2.22 bits per heavy atom. The Bertz CT molecular complexity index is 402. The van der Waals surface area contributed by atoms with Gasteiger partial charge in [-0.15, -0.1) is 0 Å². The van der Waals surface area contributed by atoms with E-state index < -0.39 is 5.97 Å². The molecule has 0 atom stereocenters. The zero-order valence-corrected chi connectivity index (χ0v) is 12.2. The maximum Gasteiger partial charge on any atom is 0.168 e. The molecule has 0 bridgehead atoms. The van der Waals surface area contributed by atoms with Crippen molar-refractivity contribution >= 4 is 17.7 Å². The first-order valence-electron chi connectivity index (χ1n) is 5.93. The number of carboxylic acid groups (broad SMARTS) is 1. The second-order valence-electron chi connectivity index (χ2n) is 5.55. The molecule has 0 radical (unpaired) electrons. The third-order valence-electron chi connectivity index (χ3n) is 2.43. The number of quaternary nitrogens is 1. The summed E-state index contributed by atoms with van der Waals surface area (Å²) in [5.41, 5.74) is 0.135. The minimum absolute atomic E-state index is 0.0592. The molecule has 0 saturated heterocycles. The van der Waals surface area contributed by atoms with Gasteiger partial charge in [0.1, 0.15) is 0 Å². The molecule has 0 aromatic carbocycles. The molecular formula is C12H21N3O2S. The molecule has 1 rings (SSSR count). The summed E-state index contributed by atoms with van der Waals surface area (Å²) in [4.78, 5) is 16.0. The van der Waals surface area contributed by atoms with Gasteiger partial charge in [-0.1, -0.05) is 25.6 Å². The maximum absolute atomic E-state index is 10.5. The van der Waals surface area contributed by atoms with Crippen molar-refractivity contribution in [1.29, 1.82) is 0 Å². The van der Waals surface area contributed by atoms with Crippen LogP contribution < -0.4 is 10.0 Å². The average molecular weight is 271 g/mol. The number of hydrogen-bond donors (Lipinski definition) is 1. The van der Waals surface area contributed by atoms with Gasteiger partial charge in [0, 0.05) is 30.1 Å². The van der Waals surface area contributed by atoms with Gasteiger partial charge in [-0.25, -0.2) is 4.98 Å². The quantitative estimate of drug-likeness (QED) is 0.639. The molecule has 6 heteroatoms. The van der Waals surface area contributed by atoms with Crippen molar-refractivity contribution in [1.82, 2.24) is 9.55 Å². The molecule has 1 aromatic heterocycles. The standard InChI is InChI=1S/C12H21N3O2S/c1-12(2,8-14(3)4)9-15-6-5-13-11(15)18-7-10(16)17/h5-6H,7-9H2,1-4H3,(H,16,17). The molecular weight excluding hydrogens is 250 g/mol. The van der Waals surface area contributed by atoms with E-state index in [1.807, 2.05) is 10.8 Å². The molecule has 0 saturated carbocycles. The molecule has 102 valence electrons. The number of imidazole rings is 1. The Hall–Kier alpha value is -1.01. The second-order valence-corrected chi connectivity index (χ2v) is 6.49. The number of nitrogens with one attached hydrogen (secondary N) is 1. The predicted octanol–water partition coefficient (Wildman–Crippen LogP) is -1.10. The van der Waals surface area contributed by atoms with Gasteiger partial charge in [-0.05, 0) is 0 Å². The van der Waals surface area contributed by atoms with Gasteiger partial charge >= 0.3 is 0 Å². The number of thioether (sulfide) groups is 1. The molecule has 18 heavy (non-hydrogen) atoms. The van der Waals surface area contributed by atoms with Gasteiger partial charge in [-0.3, -0.25) is 0 Å². The van der Waals surface area contributed by atoms with Gasteiger partial charge in [0.25, 0.3) is 0 Å². The highest BCUT2D eigenvalue weighted by Gasteiger charge is 2.23. The van der Waals surface area contributed by atoms with E-state index in [1.54, 1.807) is 6.20 Å². The lowest BCUT2D eigenvalue weighted by Crippen LogP contribution is -3.07. The van der Waals surface area contributed by atoms with Crippen LogP contribution in [0.5, 0.6) is 0 Å². The first kappa shape index (κ1) is 15.0. The fourth-order valence-corrected chi connectivity index (χ4v) is 2.83. The highest BCUT2D eigenvalue weighted by Crippen LogP contribution is 2.21. The molecule has 0 amide bonds. The molecule has 0 aliphatic heterocycles. The SMILES string of the molecule is C[NH+](C)CC(C)(C)Cn1ccnc1SCC(=O)[O-]. The summed E-state index contributed by atoms with van der Waals surface area (Å²) in [6, 6.07) is 0. The van der Waals surface area contributed by atoms with Gasteiger partial charge in [0.05, 0.1) is 26.6 Å². The molecule has 5 nitrogen and oxygen atoms in total. The maximum atomic E-state index is 10.5. The minimum Gasteiger partial charge on any atom is -0.549 e. The van der Waals surface area contributed by atoms with Crippen LogP contribution in [0.25, 0.3) is 0 Å². The smallest absolute Gasteiger partial charge is 0.168 e. The van der Waals surface area contributed by atoms with E-state index in [2.05, 4.69) is 32.9 Å². The van der Waals surface area contributed by atoms with Gasteiger partial charge in [0.15, 0.2) is 5.16 Å². The van der Waals surface area contributed by atoms with E-state index in [1.165, 1.54) is 16.7 Å². The van der Waals surface area contributed by atoms with Crippen LogP contribution in [0.2, 0.25) is 0 Å². The van der Waals surface area contributed by atoms with E-state index >= 15 is 0 Å². The van der Waals surface area contributed by atoms with Crippen LogP contribution in [0.1, 0.15) is 13.8 Å². The highest BCUT2D eigenvalue weighted by atomic mass is 32.2. The number of carbonyl (C=O) groups is 1. The Balaban J connectivity index is 2.67. The molecule has 0 spiro atoms. The van der Waals surface area contributed by atoms with Gasteiger partial charge in [0.2, 0.25) is 0 Å². The fraction of sp³-hybridized carbons (Fsp3) is 0.667. The van der Waals surface area contributed by atoms with Crippen molar-refractivity contribution in [3.8, 4) is 0 Å². The van der Waals surface area contributed by atoms with Crippen molar-refractivity contribution < 1.29 is 14.8 Å². The molecule has 1 heterocycles. The summed E-state index contributed by atoms with van der Waals surface area (Å²) >= 11 is 1.20. The van der Waals surface area contributed by atoms with Crippen molar-refractivity contribution in [3.05, 3.63) is 12.4 Å². The molecule has 1 aromatic rings. The molecule has 0 aliphatic rings. The first-order chi connectivity index (χ1) is 8.30. The Morgan fingerprint density at radius 3 is 2.78 bits per heavy atom. The lowest BCUT2D eigenvalue weighted by molar-refractivity contribution is -0.865. The third kappa shape index (κ3) is 5.10. The zero-order chi connectivity index (χ0) is 13.8. The number of carboxylic acids is 1. The Labute approximate surface area is 112 Å². The largest absolute Gasteiger partial charge is 0.549 e. The number of carbonyl (C=O) groups excluding carboxylic acids is 1. The van der Waals surface area contributed by atoms with Crippen molar-refractivity contribution in [2.75, 3.05) is 26.4 Å². The number of aliphatic carboxylic acids is 1. The summed E-state index contributed by atoms with van der Waals surface area (Å²) in [6.07, 6.45) is 3.60. The van der Waals surface area contributed by atoms with E-state index in [4.69, 9.17) is 0 Å². The van der Waals surface area contributed by atoms with Gasteiger partial charge < -0.3 is 19.4 Å².